The van der Waals surface area contributed by atoms with Crippen LogP contribution in [0.4, 0.5) is 11.9 Å². The third-order valence-electron chi connectivity index (χ3n) is 3.73. The standard InChI is InChI=1S/C12H19N9/c1-19(2)9-3-5-20(6-4-9)11-16-10(13)17-12(18-11)21-8-14-7-15-21/h7-9H,3-6H2,1-2H3,(H2,13,16,17,18). The Hall–Kier alpha value is -2.29. The summed E-state index contributed by atoms with van der Waals surface area (Å²) in [6.45, 7) is 1.81. The van der Waals surface area contributed by atoms with Crippen molar-refractivity contribution in [2.75, 3.05) is 37.8 Å². The molecule has 0 aromatic carbocycles. The van der Waals surface area contributed by atoms with Gasteiger partial charge < -0.3 is 15.5 Å². The first-order valence-corrected chi connectivity index (χ1v) is 6.91. The summed E-state index contributed by atoms with van der Waals surface area (Å²) in [6, 6.07) is 0.607. The van der Waals surface area contributed by atoms with E-state index in [-0.39, 0.29) is 5.95 Å². The first-order chi connectivity index (χ1) is 10.1. The topological polar surface area (TPSA) is 102 Å². The van der Waals surface area contributed by atoms with Crippen LogP contribution in [-0.2, 0) is 0 Å². The third kappa shape index (κ3) is 2.92. The second-order valence-electron chi connectivity index (χ2n) is 5.32. The zero-order chi connectivity index (χ0) is 14.8. The van der Waals surface area contributed by atoms with Gasteiger partial charge in [-0.15, -0.1) is 0 Å². The molecular weight excluding hydrogens is 270 g/mol. The first kappa shape index (κ1) is 13.7. The van der Waals surface area contributed by atoms with E-state index in [1.165, 1.54) is 17.3 Å². The Morgan fingerprint density at radius 3 is 2.48 bits per heavy atom. The number of nitrogen functional groups attached to an aromatic ring is 1. The van der Waals surface area contributed by atoms with Gasteiger partial charge in [-0.1, -0.05) is 0 Å². The first-order valence-electron chi connectivity index (χ1n) is 6.91. The van der Waals surface area contributed by atoms with Crippen LogP contribution in [0.1, 0.15) is 12.8 Å². The minimum atomic E-state index is 0.195. The average molecular weight is 289 g/mol. The highest BCUT2D eigenvalue weighted by Gasteiger charge is 2.23. The Morgan fingerprint density at radius 1 is 1.14 bits per heavy atom. The van der Waals surface area contributed by atoms with Gasteiger partial charge in [0, 0.05) is 19.1 Å². The highest BCUT2D eigenvalue weighted by Crippen LogP contribution is 2.19. The van der Waals surface area contributed by atoms with E-state index in [1.54, 1.807) is 0 Å². The normalized spacial score (nSPS) is 16.6. The molecule has 1 fully saturated rings. The van der Waals surface area contributed by atoms with Crippen LogP contribution in [0.15, 0.2) is 12.7 Å². The van der Waals surface area contributed by atoms with Crippen LogP contribution in [0.2, 0.25) is 0 Å². The highest BCUT2D eigenvalue weighted by molar-refractivity contribution is 5.38. The monoisotopic (exact) mass is 289 g/mol. The molecule has 0 saturated carbocycles. The Balaban J connectivity index is 1.80. The molecule has 0 bridgehead atoms. The number of piperidine rings is 1. The van der Waals surface area contributed by atoms with Crippen LogP contribution in [0.3, 0.4) is 0 Å². The van der Waals surface area contributed by atoms with Crippen LogP contribution < -0.4 is 10.6 Å². The maximum absolute atomic E-state index is 5.79. The molecular formula is C12H19N9. The van der Waals surface area contributed by atoms with Crippen molar-refractivity contribution in [1.82, 2.24) is 34.6 Å². The lowest BCUT2D eigenvalue weighted by Gasteiger charge is -2.35. The molecule has 0 atom stereocenters. The van der Waals surface area contributed by atoms with Crippen molar-refractivity contribution >= 4 is 11.9 Å². The van der Waals surface area contributed by atoms with Crippen molar-refractivity contribution in [3.63, 3.8) is 0 Å². The largest absolute Gasteiger partial charge is 0.368 e. The van der Waals surface area contributed by atoms with Crippen LogP contribution in [0.25, 0.3) is 5.95 Å². The summed E-state index contributed by atoms with van der Waals surface area (Å²) in [5.41, 5.74) is 5.79. The fraction of sp³-hybridized carbons (Fsp3) is 0.583. The van der Waals surface area contributed by atoms with Gasteiger partial charge in [0.15, 0.2) is 0 Å². The van der Waals surface area contributed by atoms with Gasteiger partial charge in [-0.3, -0.25) is 0 Å². The van der Waals surface area contributed by atoms with Crippen molar-refractivity contribution in [2.45, 2.75) is 18.9 Å². The lowest BCUT2D eigenvalue weighted by atomic mass is 10.0. The van der Waals surface area contributed by atoms with Crippen LogP contribution >= 0.6 is 0 Å². The van der Waals surface area contributed by atoms with E-state index in [0.29, 0.717) is 17.9 Å². The molecule has 21 heavy (non-hydrogen) atoms. The molecule has 0 radical (unpaired) electrons. The van der Waals surface area contributed by atoms with Gasteiger partial charge in [0.1, 0.15) is 12.7 Å². The fourth-order valence-corrected chi connectivity index (χ4v) is 2.51. The Labute approximate surface area is 122 Å². The van der Waals surface area contributed by atoms with Gasteiger partial charge >= 0.3 is 0 Å². The second kappa shape index (κ2) is 5.60. The summed E-state index contributed by atoms with van der Waals surface area (Å²) in [5, 5.41) is 4.02. The molecule has 1 saturated heterocycles. The number of rotatable bonds is 3. The Kier molecular flexibility index (Phi) is 3.65. The van der Waals surface area contributed by atoms with Crippen molar-refractivity contribution in [2.24, 2.45) is 0 Å². The van der Waals surface area contributed by atoms with Gasteiger partial charge in [-0.2, -0.15) is 24.7 Å². The van der Waals surface area contributed by atoms with E-state index in [9.17, 15) is 0 Å². The molecule has 0 unspecified atom stereocenters. The summed E-state index contributed by atoms with van der Waals surface area (Å²) < 4.78 is 1.48. The summed E-state index contributed by atoms with van der Waals surface area (Å²) in [5.74, 6) is 1.19. The van der Waals surface area contributed by atoms with Crippen molar-refractivity contribution in [1.29, 1.82) is 0 Å². The third-order valence-corrected chi connectivity index (χ3v) is 3.73. The quantitative estimate of drug-likeness (QED) is 0.811. The molecule has 3 rings (SSSR count). The molecule has 9 nitrogen and oxygen atoms in total. The minimum Gasteiger partial charge on any atom is -0.368 e. The van der Waals surface area contributed by atoms with Crippen LogP contribution in [-0.4, -0.2) is 67.8 Å². The van der Waals surface area contributed by atoms with Gasteiger partial charge in [-0.25, -0.2) is 4.98 Å². The van der Waals surface area contributed by atoms with Crippen LogP contribution in [0, 0.1) is 0 Å². The average Bonchev–Trinajstić information content (AvgIpc) is 3.01. The number of anilines is 2. The number of nitrogens with two attached hydrogens (primary N) is 1. The predicted molar refractivity (Wildman–Crippen MR) is 78.1 cm³/mol. The number of nitrogens with zero attached hydrogens (tertiary/aromatic N) is 8. The number of aromatic nitrogens is 6. The fourth-order valence-electron chi connectivity index (χ4n) is 2.51. The maximum atomic E-state index is 5.79. The molecule has 2 N–H and O–H groups in total. The lowest BCUT2D eigenvalue weighted by molar-refractivity contribution is 0.249. The van der Waals surface area contributed by atoms with E-state index < -0.39 is 0 Å². The molecule has 3 heterocycles. The smallest absolute Gasteiger partial charge is 0.258 e. The van der Waals surface area contributed by atoms with E-state index >= 15 is 0 Å². The Morgan fingerprint density at radius 2 is 1.86 bits per heavy atom. The minimum absolute atomic E-state index is 0.195. The molecule has 0 aliphatic carbocycles. The molecule has 2 aromatic rings. The zero-order valence-corrected chi connectivity index (χ0v) is 12.2. The van der Waals surface area contributed by atoms with E-state index in [2.05, 4.69) is 48.9 Å². The molecule has 9 heteroatoms. The SMILES string of the molecule is CN(C)C1CCN(c2nc(N)nc(-n3cncn3)n2)CC1. The zero-order valence-electron chi connectivity index (χ0n) is 12.2. The Bertz CT molecular complexity index is 587. The van der Waals surface area contributed by atoms with Gasteiger partial charge in [-0.05, 0) is 26.9 Å². The molecule has 1 aliphatic heterocycles. The van der Waals surface area contributed by atoms with Crippen molar-refractivity contribution in [3.05, 3.63) is 12.7 Å². The summed E-state index contributed by atoms with van der Waals surface area (Å²) in [6.07, 6.45) is 5.13. The molecule has 2 aromatic heterocycles. The van der Waals surface area contributed by atoms with Crippen molar-refractivity contribution < 1.29 is 0 Å². The maximum Gasteiger partial charge on any atom is 0.258 e. The summed E-state index contributed by atoms with van der Waals surface area (Å²) >= 11 is 0. The number of hydrogen-bond acceptors (Lipinski definition) is 8. The molecule has 112 valence electrons. The van der Waals surface area contributed by atoms with Gasteiger partial charge in [0.2, 0.25) is 11.9 Å². The summed E-state index contributed by atoms with van der Waals surface area (Å²) in [7, 11) is 4.23. The molecule has 1 aliphatic rings. The predicted octanol–water partition coefficient (Wildman–Crippen LogP) is -0.435. The van der Waals surface area contributed by atoms with E-state index in [1.807, 2.05) is 0 Å². The van der Waals surface area contributed by atoms with Crippen molar-refractivity contribution in [3.8, 4) is 5.95 Å². The molecule has 0 amide bonds. The number of hydrogen-bond donors (Lipinski definition) is 1. The second-order valence-corrected chi connectivity index (χ2v) is 5.32. The van der Waals surface area contributed by atoms with Crippen LogP contribution in [0.5, 0.6) is 0 Å². The lowest BCUT2D eigenvalue weighted by Crippen LogP contribution is -2.42. The van der Waals surface area contributed by atoms with Gasteiger partial charge in [0.25, 0.3) is 5.95 Å². The van der Waals surface area contributed by atoms with E-state index in [4.69, 9.17) is 5.73 Å². The van der Waals surface area contributed by atoms with Gasteiger partial charge in [0.05, 0.1) is 0 Å². The highest BCUT2D eigenvalue weighted by atomic mass is 15.4. The molecule has 0 spiro atoms. The van der Waals surface area contributed by atoms with E-state index in [0.717, 1.165) is 25.9 Å². The summed E-state index contributed by atoms with van der Waals surface area (Å²) in [4.78, 5) is 21.1.